The first-order valence-electron chi connectivity index (χ1n) is 26.5. The van der Waals surface area contributed by atoms with Crippen molar-refractivity contribution in [1.82, 2.24) is 4.57 Å². The van der Waals surface area contributed by atoms with Gasteiger partial charge >= 0.3 is 0 Å². The SMILES string of the molecule is c1ccc(-c2ccc(N3c4cc(N(c5ccccc5)c5ccccc5)cc5c4B(c4ccc(-c6ccccc6)cc4N5c4cccc(-c5ccccc5)c4)c4ccc5c(c43)c3ccccc3n5-c3ccccc3)cc2)cc1. The molecule has 2 aliphatic heterocycles. The highest BCUT2D eigenvalue weighted by atomic mass is 15.2. The van der Waals surface area contributed by atoms with Crippen molar-refractivity contribution in [3.63, 3.8) is 0 Å². The fourth-order valence-corrected chi connectivity index (χ4v) is 12.3. The van der Waals surface area contributed by atoms with Gasteiger partial charge in [-0.25, -0.2) is 0 Å². The van der Waals surface area contributed by atoms with Crippen LogP contribution in [0.1, 0.15) is 0 Å². The molecule has 1 aromatic heterocycles. The monoisotopic (exact) mass is 980 g/mol. The lowest BCUT2D eigenvalue weighted by molar-refractivity contribution is 1.18. The summed E-state index contributed by atoms with van der Waals surface area (Å²) >= 11 is 0. The number of aromatic nitrogens is 1. The maximum absolute atomic E-state index is 2.60. The summed E-state index contributed by atoms with van der Waals surface area (Å²) in [6.07, 6.45) is 0. The molecular weight excluding hydrogens is 932 g/mol. The lowest BCUT2D eigenvalue weighted by atomic mass is 9.33. The molecule has 0 amide bonds. The fourth-order valence-electron chi connectivity index (χ4n) is 12.3. The Balaban J connectivity index is 1.09. The van der Waals surface area contributed by atoms with Crippen molar-refractivity contribution >= 4 is 96.1 Å². The molecule has 77 heavy (non-hydrogen) atoms. The van der Waals surface area contributed by atoms with Crippen LogP contribution < -0.4 is 31.1 Å². The van der Waals surface area contributed by atoms with E-state index in [0.29, 0.717) is 0 Å². The molecule has 0 atom stereocenters. The Labute approximate surface area is 449 Å². The third-order valence-corrected chi connectivity index (χ3v) is 15.7. The second kappa shape index (κ2) is 18.4. The van der Waals surface area contributed by atoms with E-state index >= 15 is 0 Å². The quantitative estimate of drug-likeness (QED) is 0.134. The standard InChI is InChI=1S/C72H49BN4/c1-7-22-50(23-8-1)53-38-41-59(42-39-53)77-69-49-61(74(56-29-13-4-14-30-56)57-31-15-5-16-32-57)48-68-71(69)73(64-44-45-66-70(72(64)77)62-36-19-20-37-65(62)75(66)58-33-17-6-18-34-58)63-43-40-55(52-26-11-3-12-27-52)47-67(63)76(68)60-35-21-28-54(46-60)51-24-9-2-10-25-51/h1-49H. The van der Waals surface area contributed by atoms with Crippen LogP contribution in [0, 0.1) is 0 Å². The molecule has 360 valence electrons. The zero-order chi connectivity index (χ0) is 50.8. The van der Waals surface area contributed by atoms with E-state index in [4.69, 9.17) is 0 Å². The highest BCUT2D eigenvalue weighted by molar-refractivity contribution is 7.00. The van der Waals surface area contributed by atoms with E-state index in [9.17, 15) is 0 Å². The first kappa shape index (κ1) is 44.4. The molecule has 0 unspecified atom stereocenters. The molecule has 0 fully saturated rings. The third kappa shape index (κ3) is 7.39. The second-order valence-corrected chi connectivity index (χ2v) is 20.1. The Morgan fingerprint density at radius 3 is 1.40 bits per heavy atom. The van der Waals surface area contributed by atoms with E-state index in [1.54, 1.807) is 0 Å². The Morgan fingerprint density at radius 1 is 0.286 bits per heavy atom. The van der Waals surface area contributed by atoms with E-state index in [-0.39, 0.29) is 6.71 Å². The van der Waals surface area contributed by atoms with Gasteiger partial charge in [-0.15, -0.1) is 0 Å². The Kier molecular flexibility index (Phi) is 10.6. The molecule has 15 rings (SSSR count). The molecule has 0 N–H and O–H groups in total. The topological polar surface area (TPSA) is 14.7 Å². The van der Waals surface area contributed by atoms with Crippen molar-refractivity contribution in [3.8, 4) is 39.1 Å². The van der Waals surface area contributed by atoms with Crippen LogP contribution in [0.2, 0.25) is 0 Å². The van der Waals surface area contributed by atoms with Crippen LogP contribution in [0.3, 0.4) is 0 Å². The van der Waals surface area contributed by atoms with Crippen LogP contribution >= 0.6 is 0 Å². The fraction of sp³-hybridized carbons (Fsp3) is 0. The average Bonchev–Trinajstić information content (AvgIpc) is 3.87. The van der Waals surface area contributed by atoms with E-state index in [2.05, 4.69) is 317 Å². The molecule has 0 saturated heterocycles. The Hall–Kier alpha value is -10.1. The van der Waals surface area contributed by atoms with E-state index < -0.39 is 0 Å². The number of para-hydroxylation sites is 4. The molecule has 4 nitrogen and oxygen atoms in total. The molecule has 0 saturated carbocycles. The molecule has 0 spiro atoms. The van der Waals surface area contributed by atoms with Crippen LogP contribution in [0.15, 0.2) is 297 Å². The van der Waals surface area contributed by atoms with Crippen molar-refractivity contribution < 1.29 is 0 Å². The minimum absolute atomic E-state index is 0.137. The van der Waals surface area contributed by atoms with Crippen LogP contribution in [-0.4, -0.2) is 11.3 Å². The zero-order valence-electron chi connectivity index (χ0n) is 42.2. The number of fused-ring (bicyclic) bond motifs is 8. The largest absolute Gasteiger partial charge is 0.311 e. The molecule has 2 aliphatic rings. The number of anilines is 9. The lowest BCUT2D eigenvalue weighted by Crippen LogP contribution is -2.61. The van der Waals surface area contributed by atoms with Gasteiger partial charge in [0.05, 0.1) is 22.4 Å². The predicted molar refractivity (Wildman–Crippen MR) is 326 cm³/mol. The van der Waals surface area contributed by atoms with Crippen molar-refractivity contribution in [3.05, 3.63) is 297 Å². The van der Waals surface area contributed by atoms with E-state index in [1.807, 2.05) is 0 Å². The first-order valence-corrected chi connectivity index (χ1v) is 26.5. The minimum Gasteiger partial charge on any atom is -0.311 e. The van der Waals surface area contributed by atoms with Gasteiger partial charge in [-0.3, -0.25) is 0 Å². The summed E-state index contributed by atoms with van der Waals surface area (Å²) in [4.78, 5) is 7.58. The molecule has 0 bridgehead atoms. The molecule has 13 aromatic rings. The van der Waals surface area contributed by atoms with Crippen molar-refractivity contribution in [2.24, 2.45) is 0 Å². The number of benzene rings is 12. The Bertz CT molecular complexity index is 4280. The van der Waals surface area contributed by atoms with Gasteiger partial charge in [0.15, 0.2) is 0 Å². The number of hydrogen-bond acceptors (Lipinski definition) is 3. The number of rotatable bonds is 9. The number of hydrogen-bond donors (Lipinski definition) is 0. The Morgan fingerprint density at radius 2 is 0.766 bits per heavy atom. The van der Waals surface area contributed by atoms with Crippen LogP contribution in [0.4, 0.5) is 51.2 Å². The predicted octanol–water partition coefficient (Wildman–Crippen LogP) is 17.3. The molecular formula is C72H49BN4. The smallest absolute Gasteiger partial charge is 0.252 e. The van der Waals surface area contributed by atoms with E-state index in [1.165, 1.54) is 66.2 Å². The van der Waals surface area contributed by atoms with Gasteiger partial charge in [0.2, 0.25) is 0 Å². The van der Waals surface area contributed by atoms with Gasteiger partial charge in [0.1, 0.15) is 0 Å². The molecule has 0 radical (unpaired) electrons. The average molecular weight is 981 g/mol. The summed E-state index contributed by atoms with van der Waals surface area (Å²) < 4.78 is 2.45. The molecule has 3 heterocycles. The maximum Gasteiger partial charge on any atom is 0.252 e. The van der Waals surface area contributed by atoms with E-state index in [0.717, 1.165) is 62.3 Å². The highest BCUT2D eigenvalue weighted by Crippen LogP contribution is 2.51. The lowest BCUT2D eigenvalue weighted by Gasteiger charge is -2.45. The number of nitrogens with zero attached hydrogens (tertiary/aromatic N) is 4. The normalized spacial score (nSPS) is 12.3. The summed E-state index contributed by atoms with van der Waals surface area (Å²) in [5.74, 6) is 0. The first-order chi connectivity index (χ1) is 38.2. The highest BCUT2D eigenvalue weighted by Gasteiger charge is 2.45. The van der Waals surface area contributed by atoms with Crippen LogP contribution in [0.5, 0.6) is 0 Å². The summed E-state index contributed by atoms with van der Waals surface area (Å²) in [7, 11) is 0. The molecule has 12 aromatic carbocycles. The second-order valence-electron chi connectivity index (χ2n) is 20.1. The maximum atomic E-state index is 2.60. The van der Waals surface area contributed by atoms with Gasteiger partial charge in [-0.05, 0) is 141 Å². The summed E-state index contributed by atoms with van der Waals surface area (Å²) in [6.45, 7) is -0.137. The van der Waals surface area contributed by atoms with Gasteiger partial charge in [-0.2, -0.15) is 0 Å². The minimum atomic E-state index is -0.137. The zero-order valence-corrected chi connectivity index (χ0v) is 42.2. The molecule has 0 aliphatic carbocycles. The van der Waals surface area contributed by atoms with Gasteiger partial charge in [-0.1, -0.05) is 206 Å². The molecule has 5 heteroatoms. The van der Waals surface area contributed by atoms with Gasteiger partial charge in [0, 0.05) is 56.3 Å². The summed E-state index contributed by atoms with van der Waals surface area (Å²) in [6, 6.07) is 109. The van der Waals surface area contributed by atoms with Gasteiger partial charge < -0.3 is 19.3 Å². The van der Waals surface area contributed by atoms with Crippen molar-refractivity contribution in [1.29, 1.82) is 0 Å². The van der Waals surface area contributed by atoms with Crippen molar-refractivity contribution in [2.75, 3.05) is 14.7 Å². The third-order valence-electron chi connectivity index (χ3n) is 15.7. The van der Waals surface area contributed by atoms with Crippen LogP contribution in [-0.2, 0) is 0 Å². The summed E-state index contributed by atoms with van der Waals surface area (Å²) in [5.41, 5.74) is 24.2. The van der Waals surface area contributed by atoms with Crippen LogP contribution in [0.25, 0.3) is 60.9 Å². The summed E-state index contributed by atoms with van der Waals surface area (Å²) in [5, 5.41) is 2.43. The van der Waals surface area contributed by atoms with Gasteiger partial charge in [0.25, 0.3) is 6.71 Å². The van der Waals surface area contributed by atoms with Crippen molar-refractivity contribution in [2.45, 2.75) is 0 Å².